The fourth-order valence-electron chi connectivity index (χ4n) is 8.57. The second-order valence-electron chi connectivity index (χ2n) is 19.0. The molecular weight excluding hydrogens is 1060 g/mol. The molecule has 338 valence electrons. The second kappa shape index (κ2) is 18.4. The van der Waals surface area contributed by atoms with Crippen molar-refractivity contribution in [2.24, 2.45) is 30.0 Å². The molecule has 4 aliphatic rings. The molecule has 6 heterocycles. The summed E-state index contributed by atoms with van der Waals surface area (Å²) in [6.45, 7) is 5.80. The van der Waals surface area contributed by atoms with Crippen molar-refractivity contribution in [2.45, 2.75) is 0 Å². The molecular formula is C48H56I2N12O2Si. The first-order valence-electron chi connectivity index (χ1n) is 21.8. The largest absolute Gasteiger partial charge is 1.00 e. The van der Waals surface area contributed by atoms with E-state index in [1.165, 1.54) is 0 Å². The topological polar surface area (TPSA) is 109 Å². The molecule has 6 bridgehead atoms. The summed E-state index contributed by atoms with van der Waals surface area (Å²) in [6.07, 6.45) is 0. The van der Waals surface area contributed by atoms with E-state index in [0.29, 0.717) is 72.3 Å². The molecule has 4 aliphatic heterocycles. The first-order chi connectivity index (χ1) is 30.3. The zero-order valence-electron chi connectivity index (χ0n) is 38.3. The number of hydrogen-bond donors (Lipinski definition) is 0. The van der Waals surface area contributed by atoms with Crippen molar-refractivity contribution in [3.8, 4) is 0 Å². The van der Waals surface area contributed by atoms with Crippen LogP contribution in [0.3, 0.4) is 0 Å². The Kier molecular flexibility index (Phi) is 13.4. The van der Waals surface area contributed by atoms with Crippen LogP contribution >= 0.6 is 0 Å². The van der Waals surface area contributed by atoms with Crippen molar-refractivity contribution in [3.05, 3.63) is 130 Å². The summed E-state index contributed by atoms with van der Waals surface area (Å²) < 4.78 is 21.6. The monoisotopic (exact) mass is 1110 g/mol. The molecule has 0 saturated carbocycles. The molecule has 0 aliphatic carbocycles. The predicted octanol–water partition coefficient (Wildman–Crippen LogP) is -1.31. The van der Waals surface area contributed by atoms with Crippen molar-refractivity contribution >= 4 is 65.4 Å². The third-order valence-corrected chi connectivity index (χ3v) is 15.3. The number of amidine groups is 4. The molecule has 65 heavy (non-hydrogen) atoms. The van der Waals surface area contributed by atoms with Crippen molar-refractivity contribution < 1.29 is 65.8 Å². The number of likely N-dealkylation sites (N-methyl/N-ethyl adjacent to an activating group) is 4. The fourth-order valence-corrected chi connectivity index (χ4v) is 11.8. The molecule has 6 aromatic rings. The fraction of sp³-hybridized carbons (Fsp3) is 0.333. The molecule has 0 fully saturated rings. The van der Waals surface area contributed by atoms with E-state index < -0.39 is 8.88 Å². The van der Waals surface area contributed by atoms with E-state index >= 15 is 0 Å². The number of quaternary nitrogens is 2. The number of hydrogen-bond acceptors (Lipinski definition) is 10. The Morgan fingerprint density at radius 1 is 0.446 bits per heavy atom. The Labute approximate surface area is 415 Å². The average Bonchev–Trinajstić information content (AvgIpc) is 3.97. The Bertz CT molecular complexity index is 2870. The Morgan fingerprint density at radius 2 is 0.785 bits per heavy atom. The SMILES string of the molecule is CN(CCO[Si]1(OCCN(C)CC[N+](C)(C)C)n2c3c4ccccc4c2N=C2N=C(N=c4c5ccccc5c(n41)=NC1=NC(=N3)c3ccccc31)c1ccccc12)CC[N+](C)(C)C.[I-].[I-]. The summed E-state index contributed by atoms with van der Waals surface area (Å²) in [6, 6.07) is 33.1. The lowest BCUT2D eigenvalue weighted by Crippen LogP contribution is -3.00. The van der Waals surface area contributed by atoms with E-state index in [-0.39, 0.29) is 48.0 Å². The standard InChI is InChI=1S/C48H56N12O2Si.2HI/c1-55(25-29-59(3,4)5)27-31-61-63(62-32-28-56(2)26-30-60(6,7)8)57-45-37-21-13-14-22-38(37)47(57)53-43-35-19-11-12-20-36(35)44(50-43)54-48-40-24-16-15-23-39(40)46(58(48)63)52-42-34-18-10-9-17-33(34)41(49-42)51-45;;/h9-24H,25-32H2,1-8H3;2*1H/q+2;;/p-2. The minimum atomic E-state index is -4.20. The molecule has 0 saturated heterocycles. The average molecular weight is 1110 g/mol. The van der Waals surface area contributed by atoms with Crippen LogP contribution in [0.25, 0.3) is 21.5 Å². The summed E-state index contributed by atoms with van der Waals surface area (Å²) in [5, 5.41) is 3.61. The molecule has 0 N–H and O–H groups in total. The highest BCUT2D eigenvalue weighted by Crippen LogP contribution is 2.43. The Morgan fingerprint density at radius 3 is 1.15 bits per heavy atom. The highest BCUT2D eigenvalue weighted by Gasteiger charge is 2.53. The molecule has 0 unspecified atom stereocenters. The van der Waals surface area contributed by atoms with Gasteiger partial charge in [-0.05, 0) is 14.1 Å². The van der Waals surface area contributed by atoms with E-state index in [2.05, 4.69) is 147 Å². The first-order valence-corrected chi connectivity index (χ1v) is 23.5. The van der Waals surface area contributed by atoms with Crippen LogP contribution in [0, 0.1) is 0 Å². The number of aliphatic imine (C=N–C) groups is 4. The molecule has 0 amide bonds. The third kappa shape index (κ3) is 8.86. The number of fused-ring (bicyclic) bond motifs is 14. The minimum absolute atomic E-state index is 0. The smallest absolute Gasteiger partial charge is 0.603 e. The molecule has 17 heteroatoms. The van der Waals surface area contributed by atoms with Gasteiger partial charge in [0.1, 0.15) is 22.6 Å². The lowest BCUT2D eigenvalue weighted by atomic mass is 10.1. The number of halogens is 2. The maximum Gasteiger partial charge on any atom is 0.603 e. The van der Waals surface area contributed by atoms with Crippen LogP contribution in [-0.4, -0.2) is 168 Å². The molecule has 10 rings (SSSR count). The van der Waals surface area contributed by atoms with Gasteiger partial charge in [-0.25, -0.2) is 30.0 Å². The first kappa shape index (κ1) is 47.2. The van der Waals surface area contributed by atoms with Gasteiger partial charge < -0.3 is 65.8 Å². The predicted molar refractivity (Wildman–Crippen MR) is 254 cm³/mol. The zero-order chi connectivity index (χ0) is 43.7. The van der Waals surface area contributed by atoms with E-state index in [1.807, 2.05) is 24.3 Å². The van der Waals surface area contributed by atoms with Crippen LogP contribution in [-0.2, 0) is 8.85 Å². The summed E-state index contributed by atoms with van der Waals surface area (Å²) in [7, 11) is 13.5. The van der Waals surface area contributed by atoms with Gasteiger partial charge >= 0.3 is 8.88 Å². The van der Waals surface area contributed by atoms with Gasteiger partial charge in [0.25, 0.3) is 0 Å². The van der Waals surface area contributed by atoms with Gasteiger partial charge in [-0.3, -0.25) is 18.3 Å². The van der Waals surface area contributed by atoms with Gasteiger partial charge in [-0.2, -0.15) is 0 Å². The molecule has 0 radical (unpaired) electrons. The molecule has 4 aromatic carbocycles. The molecule has 14 nitrogen and oxygen atoms in total. The van der Waals surface area contributed by atoms with Crippen molar-refractivity contribution in [2.75, 3.05) is 109 Å². The van der Waals surface area contributed by atoms with Gasteiger partial charge in [0.05, 0.1) is 68.6 Å². The second-order valence-corrected chi connectivity index (χ2v) is 21.6. The van der Waals surface area contributed by atoms with Crippen molar-refractivity contribution in [1.29, 1.82) is 0 Å². The van der Waals surface area contributed by atoms with Crippen molar-refractivity contribution in [3.63, 3.8) is 0 Å². The number of rotatable bonds is 14. The summed E-state index contributed by atoms with van der Waals surface area (Å²) in [5.41, 5.74) is 4.93. The highest BCUT2D eigenvalue weighted by molar-refractivity contribution is 6.66. The Balaban J connectivity index is 0.00000288. The van der Waals surface area contributed by atoms with Crippen LogP contribution in [0.15, 0.2) is 127 Å². The summed E-state index contributed by atoms with van der Waals surface area (Å²) in [4.78, 5) is 37.4. The zero-order valence-corrected chi connectivity index (χ0v) is 43.6. The Hall–Kier alpha value is -4.32. The van der Waals surface area contributed by atoms with Gasteiger partial charge in [-0.1, -0.05) is 97.1 Å². The van der Waals surface area contributed by atoms with Gasteiger partial charge in [0.15, 0.2) is 23.3 Å². The van der Waals surface area contributed by atoms with Gasteiger partial charge in [-0.15, -0.1) is 0 Å². The van der Waals surface area contributed by atoms with Crippen LogP contribution in [0.5, 0.6) is 0 Å². The summed E-state index contributed by atoms with van der Waals surface area (Å²) in [5.74, 6) is 3.59. The molecule has 2 aromatic heterocycles. The number of aromatic nitrogens is 2. The van der Waals surface area contributed by atoms with Crippen LogP contribution in [0.4, 0.5) is 11.6 Å². The number of benzene rings is 4. The lowest BCUT2D eigenvalue weighted by Gasteiger charge is -2.35. The third-order valence-electron chi connectivity index (χ3n) is 12.1. The highest BCUT2D eigenvalue weighted by atomic mass is 127. The lowest BCUT2D eigenvalue weighted by molar-refractivity contribution is -0.869. The summed E-state index contributed by atoms with van der Waals surface area (Å²) >= 11 is 0. The quantitative estimate of drug-likeness (QED) is 0.0768. The van der Waals surface area contributed by atoms with Gasteiger partial charge in [0, 0.05) is 70.0 Å². The van der Waals surface area contributed by atoms with Gasteiger partial charge in [0.2, 0.25) is 0 Å². The maximum atomic E-state index is 7.74. The van der Waals surface area contributed by atoms with Crippen LogP contribution in [0.1, 0.15) is 22.3 Å². The van der Waals surface area contributed by atoms with Crippen molar-refractivity contribution in [1.82, 2.24) is 18.3 Å². The molecule has 0 atom stereocenters. The number of nitrogens with zero attached hydrogens (tertiary/aromatic N) is 12. The van der Waals surface area contributed by atoms with Crippen LogP contribution in [0.2, 0.25) is 0 Å². The van der Waals surface area contributed by atoms with E-state index in [1.54, 1.807) is 0 Å². The minimum Gasteiger partial charge on any atom is -1.00 e. The maximum absolute atomic E-state index is 7.74. The van der Waals surface area contributed by atoms with E-state index in [9.17, 15) is 0 Å². The van der Waals surface area contributed by atoms with E-state index in [4.69, 9.17) is 38.8 Å². The molecule has 0 spiro atoms. The normalized spacial score (nSPS) is 15.5. The van der Waals surface area contributed by atoms with E-state index in [0.717, 1.165) is 78.9 Å². The van der Waals surface area contributed by atoms with Crippen LogP contribution < -0.4 is 58.9 Å².